The first-order chi connectivity index (χ1) is 19.9. The minimum absolute atomic E-state index is 0.210. The van der Waals surface area contributed by atoms with Crippen LogP contribution in [0.2, 0.25) is 0 Å². The van der Waals surface area contributed by atoms with Crippen molar-refractivity contribution in [2.45, 2.75) is 30.1 Å². The van der Waals surface area contributed by atoms with Crippen molar-refractivity contribution in [1.29, 1.82) is 0 Å². The smallest absolute Gasteiger partial charge is 0.338 e. The Morgan fingerprint density at radius 3 is 2.78 bits per heavy atom. The van der Waals surface area contributed by atoms with E-state index in [-0.39, 0.29) is 12.2 Å². The third-order valence-corrected chi connectivity index (χ3v) is 8.52. The predicted octanol–water partition coefficient (Wildman–Crippen LogP) is 4.28. The highest BCUT2D eigenvalue weighted by molar-refractivity contribution is 9.10. The van der Waals surface area contributed by atoms with Crippen molar-refractivity contribution in [3.63, 3.8) is 0 Å². The van der Waals surface area contributed by atoms with Gasteiger partial charge in [0.15, 0.2) is 9.89 Å². The van der Waals surface area contributed by atoms with Crippen LogP contribution in [-0.4, -0.2) is 37.4 Å². The third-order valence-electron chi connectivity index (χ3n) is 6.19. The average molecular weight is 650 g/mol. The lowest BCUT2D eigenvalue weighted by molar-refractivity contribution is -0.139. The van der Waals surface area contributed by atoms with Crippen LogP contribution in [0.25, 0.3) is 11.8 Å². The van der Waals surface area contributed by atoms with Crippen LogP contribution in [-0.2, 0) is 9.53 Å². The summed E-state index contributed by atoms with van der Waals surface area (Å²) in [5, 5.41) is 13.1. The lowest BCUT2D eigenvalue weighted by Gasteiger charge is -2.24. The summed E-state index contributed by atoms with van der Waals surface area (Å²) in [6.45, 7) is 3.71. The van der Waals surface area contributed by atoms with E-state index in [9.17, 15) is 9.59 Å². The molecule has 5 aromatic rings. The van der Waals surface area contributed by atoms with Gasteiger partial charge in [0.05, 0.1) is 34.1 Å². The Morgan fingerprint density at radius 2 is 2.00 bits per heavy atom. The van der Waals surface area contributed by atoms with E-state index in [1.54, 1.807) is 41.3 Å². The van der Waals surface area contributed by atoms with Crippen LogP contribution >= 0.6 is 39.0 Å². The van der Waals surface area contributed by atoms with E-state index >= 15 is 0 Å². The molecule has 10 nitrogen and oxygen atoms in total. The summed E-state index contributed by atoms with van der Waals surface area (Å²) in [7, 11) is 0. The predicted molar refractivity (Wildman–Crippen MR) is 157 cm³/mol. The van der Waals surface area contributed by atoms with Gasteiger partial charge in [-0.25, -0.2) is 9.79 Å². The normalized spacial score (nSPS) is 15.1. The van der Waals surface area contributed by atoms with Crippen LogP contribution in [0, 0.1) is 0 Å². The van der Waals surface area contributed by atoms with Crippen molar-refractivity contribution in [3.05, 3.63) is 113 Å². The Hall–Kier alpha value is -4.07. The number of hydrogen-bond acceptors (Lipinski definition) is 10. The molecule has 4 heterocycles. The van der Waals surface area contributed by atoms with Crippen molar-refractivity contribution >= 4 is 51.1 Å². The molecule has 41 heavy (non-hydrogen) atoms. The summed E-state index contributed by atoms with van der Waals surface area (Å²) in [4.78, 5) is 31.9. The van der Waals surface area contributed by atoms with Gasteiger partial charge in [-0.3, -0.25) is 9.36 Å². The van der Waals surface area contributed by atoms with Gasteiger partial charge in [-0.05, 0) is 78.0 Å². The molecule has 0 saturated heterocycles. The molecule has 0 saturated carbocycles. The van der Waals surface area contributed by atoms with E-state index in [4.69, 9.17) is 9.15 Å². The number of benzene rings is 2. The van der Waals surface area contributed by atoms with Crippen LogP contribution in [0.3, 0.4) is 0 Å². The Bertz CT molecular complexity index is 1980. The van der Waals surface area contributed by atoms with Crippen LogP contribution in [0.1, 0.15) is 31.2 Å². The average Bonchev–Trinajstić information content (AvgIpc) is 3.69. The number of fused-ring (bicyclic) bond motifs is 1. The highest BCUT2D eigenvalue weighted by atomic mass is 79.9. The molecule has 1 aliphatic rings. The fourth-order valence-electron chi connectivity index (χ4n) is 4.44. The van der Waals surface area contributed by atoms with Gasteiger partial charge in [-0.15, -0.1) is 5.10 Å². The van der Waals surface area contributed by atoms with Crippen LogP contribution in [0.15, 0.2) is 107 Å². The zero-order chi connectivity index (χ0) is 28.5. The molecule has 13 heteroatoms. The molecule has 1 aliphatic heterocycles. The second kappa shape index (κ2) is 11.4. The van der Waals surface area contributed by atoms with Gasteiger partial charge in [-0.2, -0.15) is 4.68 Å². The van der Waals surface area contributed by atoms with E-state index < -0.39 is 12.0 Å². The number of ether oxygens (including phenoxy) is 1. The number of thiazole rings is 1. The number of hydrogen-bond donors (Lipinski definition) is 0. The number of furan rings is 1. The molecule has 0 amide bonds. The first-order valence-electron chi connectivity index (χ1n) is 12.5. The summed E-state index contributed by atoms with van der Waals surface area (Å²) in [5.74, 6) is -0.0182. The minimum Gasteiger partial charge on any atom is -0.463 e. The van der Waals surface area contributed by atoms with Gasteiger partial charge < -0.3 is 9.15 Å². The molecule has 6 rings (SSSR count). The van der Waals surface area contributed by atoms with Crippen molar-refractivity contribution in [3.8, 4) is 5.69 Å². The molecular weight excluding hydrogens is 628 g/mol. The monoisotopic (exact) mass is 648 g/mol. The van der Waals surface area contributed by atoms with E-state index in [1.807, 2.05) is 54.6 Å². The topological polar surface area (TPSA) is 117 Å². The molecule has 1 atom stereocenters. The van der Waals surface area contributed by atoms with Crippen LogP contribution in [0.4, 0.5) is 0 Å². The molecule has 2 aromatic carbocycles. The number of tetrazole rings is 1. The summed E-state index contributed by atoms with van der Waals surface area (Å²) in [6, 6.07) is 19.9. The number of carbonyl (C=O) groups excluding carboxylic acids is 1. The van der Waals surface area contributed by atoms with Crippen molar-refractivity contribution in [1.82, 2.24) is 24.8 Å². The van der Waals surface area contributed by atoms with Gasteiger partial charge in [0, 0.05) is 10.5 Å². The fourth-order valence-corrected chi connectivity index (χ4v) is 6.65. The Balaban J connectivity index is 1.38. The number of aromatic nitrogens is 5. The minimum atomic E-state index is -0.690. The number of nitrogens with zero attached hydrogens (tertiary/aromatic N) is 6. The molecule has 3 aromatic heterocycles. The molecule has 0 N–H and O–H groups in total. The number of carbonyl (C=O) groups is 1. The summed E-state index contributed by atoms with van der Waals surface area (Å²) >= 11 is 6.00. The number of allylic oxidation sites excluding steroid dienone is 1. The number of rotatable bonds is 7. The van der Waals surface area contributed by atoms with Gasteiger partial charge in [0.25, 0.3) is 5.56 Å². The van der Waals surface area contributed by atoms with Crippen molar-refractivity contribution in [2.24, 2.45) is 4.99 Å². The molecule has 206 valence electrons. The molecule has 0 bridgehead atoms. The largest absolute Gasteiger partial charge is 0.463 e. The van der Waals surface area contributed by atoms with E-state index in [2.05, 4.69) is 36.4 Å². The zero-order valence-electron chi connectivity index (χ0n) is 21.7. The summed E-state index contributed by atoms with van der Waals surface area (Å²) in [6.07, 6.45) is 1.68. The van der Waals surface area contributed by atoms with Gasteiger partial charge >= 0.3 is 5.97 Å². The molecule has 0 spiro atoms. The maximum absolute atomic E-state index is 13.8. The molecule has 0 fully saturated rings. The van der Waals surface area contributed by atoms with Gasteiger partial charge in [-0.1, -0.05) is 57.6 Å². The van der Waals surface area contributed by atoms with E-state index in [1.165, 1.54) is 23.1 Å². The molecular formula is C28H21BrN6O4S2. The Labute approximate surface area is 249 Å². The van der Waals surface area contributed by atoms with Crippen molar-refractivity contribution in [2.75, 3.05) is 6.61 Å². The molecule has 0 radical (unpaired) electrons. The fraction of sp³-hybridized carbons (Fsp3) is 0.143. The van der Waals surface area contributed by atoms with Crippen molar-refractivity contribution < 1.29 is 13.9 Å². The Kier molecular flexibility index (Phi) is 7.56. The Morgan fingerprint density at radius 1 is 1.17 bits per heavy atom. The van der Waals surface area contributed by atoms with Gasteiger partial charge in [0.2, 0.25) is 5.16 Å². The highest BCUT2D eigenvalue weighted by Gasteiger charge is 2.33. The zero-order valence-corrected chi connectivity index (χ0v) is 24.9. The quantitative estimate of drug-likeness (QED) is 0.240. The SMILES string of the molecule is CCOC(=O)C1=C(C)N=c2s/c(=C\c3ccc(Sc4nnnn4-c4ccccc4)o3)c(=O)n2[C@@H]1c1cccc(Br)c1. The standard InChI is InChI=1S/C28H21BrN6O4S2/c1-3-38-26(37)23-16(2)30-27-34(24(23)17-8-7-9-18(29)14-17)25(36)21(40-27)15-20-12-13-22(39-20)41-28-31-32-33-35(28)19-10-5-4-6-11-19/h4-15,24H,3H2,1-2H3/b21-15-/t24-/m1/s1. The maximum Gasteiger partial charge on any atom is 0.338 e. The lowest BCUT2D eigenvalue weighted by Crippen LogP contribution is -2.39. The summed E-state index contributed by atoms with van der Waals surface area (Å²) < 4.78 is 15.8. The van der Waals surface area contributed by atoms with E-state index in [0.717, 1.165) is 15.7 Å². The number of esters is 1. The number of para-hydroxylation sites is 1. The van der Waals surface area contributed by atoms with Gasteiger partial charge in [0.1, 0.15) is 5.76 Å². The number of halogens is 1. The van der Waals surface area contributed by atoms with Crippen LogP contribution < -0.4 is 14.9 Å². The second-order valence-corrected chi connectivity index (χ2v) is 11.7. The highest BCUT2D eigenvalue weighted by Crippen LogP contribution is 2.32. The third kappa shape index (κ3) is 5.35. The lowest BCUT2D eigenvalue weighted by atomic mass is 9.96. The molecule has 0 aliphatic carbocycles. The second-order valence-electron chi connectivity index (χ2n) is 8.82. The van der Waals surface area contributed by atoms with Crippen LogP contribution in [0.5, 0.6) is 0 Å². The first-order valence-corrected chi connectivity index (χ1v) is 14.9. The molecule has 0 unspecified atom stereocenters. The first kappa shape index (κ1) is 27.1. The maximum atomic E-state index is 13.8. The summed E-state index contributed by atoms with van der Waals surface area (Å²) in [5.41, 5.74) is 2.14. The van der Waals surface area contributed by atoms with E-state index in [0.29, 0.717) is 36.6 Å².